The van der Waals surface area contributed by atoms with Crippen LogP contribution in [-0.4, -0.2) is 29.4 Å². The van der Waals surface area contributed by atoms with Crippen LogP contribution >= 0.6 is 15.9 Å². The molecule has 0 heterocycles. The van der Waals surface area contributed by atoms with Crippen LogP contribution in [-0.2, 0) is 4.79 Å². The maximum Gasteiger partial charge on any atom is 0.269 e. The van der Waals surface area contributed by atoms with Gasteiger partial charge >= 0.3 is 0 Å². The highest BCUT2D eigenvalue weighted by Gasteiger charge is 2.59. The lowest BCUT2D eigenvalue weighted by molar-refractivity contribution is -0.144. The highest BCUT2D eigenvalue weighted by molar-refractivity contribution is 9.10. The fourth-order valence-electron chi connectivity index (χ4n) is 5.89. The molecule has 1 aromatic rings. The Hall–Kier alpha value is -1.76. The van der Waals surface area contributed by atoms with Crippen LogP contribution in [0.5, 0.6) is 11.5 Å². The van der Waals surface area contributed by atoms with Gasteiger partial charge in [-0.25, -0.2) is 0 Å². The summed E-state index contributed by atoms with van der Waals surface area (Å²) >= 11 is 3.92. The van der Waals surface area contributed by atoms with Crippen LogP contribution in [0.3, 0.4) is 0 Å². The summed E-state index contributed by atoms with van der Waals surface area (Å²) in [5.74, 6) is 1.85. The van der Waals surface area contributed by atoms with Gasteiger partial charge in [0.25, 0.3) is 5.91 Å². The fraction of sp³-hybridized carbons (Fsp3) is 0.636. The van der Waals surface area contributed by atoms with E-state index in [4.69, 9.17) is 9.47 Å². The van der Waals surface area contributed by atoms with Gasteiger partial charge in [-0.1, -0.05) is 15.9 Å². The van der Waals surface area contributed by atoms with Crippen molar-refractivity contribution >= 4 is 27.7 Å². The summed E-state index contributed by atoms with van der Waals surface area (Å²) in [7, 11) is 1.54. The van der Waals surface area contributed by atoms with Crippen molar-refractivity contribution in [1.29, 1.82) is 0 Å². The van der Waals surface area contributed by atoms with Gasteiger partial charge in [0, 0.05) is 9.89 Å². The first-order chi connectivity index (χ1) is 13.7. The summed E-state index contributed by atoms with van der Waals surface area (Å²) < 4.78 is 11.1. The van der Waals surface area contributed by atoms with Gasteiger partial charge in [-0.05, 0) is 82.4 Å². The summed E-state index contributed by atoms with van der Waals surface area (Å²) in [4.78, 5) is 25.7. The van der Waals surface area contributed by atoms with E-state index in [-0.39, 0.29) is 27.7 Å². The Morgan fingerprint density at radius 2 is 1.79 bits per heavy atom. The van der Waals surface area contributed by atoms with Crippen molar-refractivity contribution in [2.45, 2.75) is 62.8 Å². The molecule has 2 amide bonds. The van der Waals surface area contributed by atoms with Crippen LogP contribution in [0.15, 0.2) is 18.2 Å². The van der Waals surface area contributed by atoms with E-state index < -0.39 is 0 Å². The minimum absolute atomic E-state index is 0.000807. The van der Waals surface area contributed by atoms with Crippen molar-refractivity contribution in [1.82, 2.24) is 10.9 Å². The smallest absolute Gasteiger partial charge is 0.269 e. The van der Waals surface area contributed by atoms with Crippen molar-refractivity contribution in [3.05, 3.63) is 23.8 Å². The summed E-state index contributed by atoms with van der Waals surface area (Å²) in [5.41, 5.74) is 5.34. The van der Waals surface area contributed by atoms with E-state index in [1.54, 1.807) is 18.2 Å². The normalized spacial score (nSPS) is 32.2. The second-order valence-corrected chi connectivity index (χ2v) is 11.0. The van der Waals surface area contributed by atoms with Gasteiger partial charge in [0.05, 0.1) is 18.6 Å². The molecule has 5 rings (SSSR count). The molecule has 4 saturated carbocycles. The number of nitrogens with one attached hydrogen (secondary N) is 2. The topological polar surface area (TPSA) is 76.7 Å². The molecule has 4 aliphatic carbocycles. The molecule has 2 N–H and O–H groups in total. The molecule has 4 fully saturated rings. The zero-order valence-electron chi connectivity index (χ0n) is 17.2. The average molecular weight is 465 g/mol. The maximum atomic E-state index is 13.1. The lowest BCUT2D eigenvalue weighted by Crippen LogP contribution is -2.60. The third kappa shape index (κ3) is 3.98. The zero-order valence-corrected chi connectivity index (χ0v) is 18.8. The number of carbonyl (C=O) groups is 2. The lowest BCUT2D eigenvalue weighted by atomic mass is 9.49. The lowest BCUT2D eigenvalue weighted by Gasteiger charge is -2.59. The van der Waals surface area contributed by atoms with Gasteiger partial charge in [0.1, 0.15) is 0 Å². The molecule has 0 aliphatic heterocycles. The van der Waals surface area contributed by atoms with Crippen LogP contribution in [0, 0.1) is 17.3 Å². The van der Waals surface area contributed by atoms with Gasteiger partial charge in [0.2, 0.25) is 5.91 Å². The molecule has 0 aromatic heterocycles. The summed E-state index contributed by atoms with van der Waals surface area (Å²) in [6.45, 7) is 3.86. The van der Waals surface area contributed by atoms with Crippen LogP contribution < -0.4 is 20.3 Å². The van der Waals surface area contributed by atoms with Crippen LogP contribution in [0.4, 0.5) is 0 Å². The van der Waals surface area contributed by atoms with E-state index in [2.05, 4.69) is 26.8 Å². The number of carbonyl (C=O) groups excluding carboxylic acids is 2. The quantitative estimate of drug-likeness (QED) is 0.510. The molecule has 2 atom stereocenters. The molecule has 4 bridgehead atoms. The highest BCUT2D eigenvalue weighted by atomic mass is 79.9. The fourth-order valence-corrected chi connectivity index (χ4v) is 7.35. The van der Waals surface area contributed by atoms with E-state index in [1.165, 1.54) is 13.5 Å². The number of hydrogen-bond donors (Lipinski definition) is 2. The van der Waals surface area contributed by atoms with Crippen LogP contribution in [0.2, 0.25) is 0 Å². The van der Waals surface area contributed by atoms with Gasteiger partial charge in [-0.15, -0.1) is 0 Å². The number of rotatable bonds is 5. The minimum Gasteiger partial charge on any atom is -0.493 e. The Labute approximate surface area is 180 Å². The standard InChI is InChI=1S/C22H29BrN2O4/c1-13(2)29-17-5-4-16(7-18(17)28-3)19(26)24-25-20(27)21-8-14-6-15(9-21)11-22(23,10-14)12-21/h4-5,7,13-15H,6,8-12H2,1-3H3,(H,24,26)(H,25,27). The zero-order chi connectivity index (χ0) is 20.8. The molecule has 158 valence electrons. The third-order valence-electron chi connectivity index (χ3n) is 6.55. The van der Waals surface area contributed by atoms with E-state index in [1.807, 2.05) is 13.8 Å². The van der Waals surface area contributed by atoms with Gasteiger partial charge in [-0.2, -0.15) is 0 Å². The number of methoxy groups -OCH3 is 1. The van der Waals surface area contributed by atoms with Crippen molar-refractivity contribution < 1.29 is 19.1 Å². The van der Waals surface area contributed by atoms with Crippen molar-refractivity contribution in [2.75, 3.05) is 7.11 Å². The Balaban J connectivity index is 1.42. The molecule has 4 aliphatic rings. The highest BCUT2D eigenvalue weighted by Crippen LogP contribution is 2.64. The third-order valence-corrected chi connectivity index (χ3v) is 7.48. The molecule has 6 nitrogen and oxygen atoms in total. The number of ether oxygens (including phenoxy) is 2. The minimum atomic E-state index is -0.369. The van der Waals surface area contributed by atoms with Crippen molar-refractivity contribution in [3.8, 4) is 11.5 Å². The summed E-state index contributed by atoms with van der Waals surface area (Å²) in [6, 6.07) is 5.00. The Morgan fingerprint density at radius 3 is 2.38 bits per heavy atom. The van der Waals surface area contributed by atoms with E-state index in [0.717, 1.165) is 32.1 Å². The molecular formula is C22H29BrN2O4. The van der Waals surface area contributed by atoms with Crippen LogP contribution in [0.1, 0.15) is 62.7 Å². The molecule has 1 aromatic carbocycles. The molecule has 29 heavy (non-hydrogen) atoms. The van der Waals surface area contributed by atoms with E-state index >= 15 is 0 Å². The number of halogens is 1. The number of hydrazine groups is 1. The predicted octanol–water partition coefficient (Wildman–Crippen LogP) is 3.98. The Morgan fingerprint density at radius 1 is 1.10 bits per heavy atom. The summed E-state index contributed by atoms with van der Waals surface area (Å²) in [6.07, 6.45) is 6.26. The first kappa shape index (κ1) is 20.5. The molecular weight excluding hydrogens is 436 g/mol. The number of benzene rings is 1. The van der Waals surface area contributed by atoms with E-state index in [0.29, 0.717) is 28.9 Å². The van der Waals surface area contributed by atoms with Crippen molar-refractivity contribution in [2.24, 2.45) is 17.3 Å². The van der Waals surface area contributed by atoms with Crippen LogP contribution in [0.25, 0.3) is 0 Å². The number of alkyl halides is 1. The monoisotopic (exact) mass is 464 g/mol. The number of amides is 2. The first-order valence-electron chi connectivity index (χ1n) is 10.4. The van der Waals surface area contributed by atoms with Gasteiger partial charge in [-0.3, -0.25) is 20.4 Å². The Kier molecular flexibility index (Phi) is 5.30. The average Bonchev–Trinajstić information content (AvgIpc) is 2.63. The summed E-state index contributed by atoms with van der Waals surface area (Å²) in [5, 5.41) is 0. The molecule has 2 unspecified atom stereocenters. The molecule has 0 radical (unpaired) electrons. The number of hydrogen-bond acceptors (Lipinski definition) is 4. The predicted molar refractivity (Wildman–Crippen MR) is 113 cm³/mol. The molecule has 0 saturated heterocycles. The maximum absolute atomic E-state index is 13.1. The largest absolute Gasteiger partial charge is 0.493 e. The molecule has 0 spiro atoms. The second kappa shape index (κ2) is 7.49. The second-order valence-electron chi connectivity index (χ2n) is 9.33. The SMILES string of the molecule is COc1cc(C(=O)NNC(=O)C23CC4CC(CC(Br)(C4)C2)C3)ccc1OC(C)C. The van der Waals surface area contributed by atoms with Gasteiger partial charge in [0.15, 0.2) is 11.5 Å². The first-order valence-corrected chi connectivity index (χ1v) is 11.2. The van der Waals surface area contributed by atoms with Crippen molar-refractivity contribution in [3.63, 3.8) is 0 Å². The molecule has 7 heteroatoms. The Bertz CT molecular complexity index is 811. The van der Waals surface area contributed by atoms with Gasteiger partial charge < -0.3 is 9.47 Å². The van der Waals surface area contributed by atoms with E-state index in [9.17, 15) is 9.59 Å².